The van der Waals surface area contributed by atoms with Crippen LogP contribution in [0.3, 0.4) is 0 Å². The van der Waals surface area contributed by atoms with E-state index in [0.29, 0.717) is 61.8 Å². The Hall–Kier alpha value is -4.07. The van der Waals surface area contributed by atoms with Crippen molar-refractivity contribution in [1.82, 2.24) is 14.9 Å². The molecular formula is C35H48N4O4. The SMILES string of the molecule is CCOc1ccc(-c2nccc(CCCC(=N)N(CC)C(=O)CC)n2)cc1CC(=O)O.CCc1ccc(C(C)(C)C)cc1. The average molecular weight is 589 g/mol. The van der Waals surface area contributed by atoms with Crippen molar-refractivity contribution in [3.05, 3.63) is 77.1 Å². The fourth-order valence-corrected chi connectivity index (χ4v) is 4.51. The van der Waals surface area contributed by atoms with Crippen molar-refractivity contribution in [2.45, 2.75) is 92.4 Å². The molecule has 0 atom stereocenters. The van der Waals surface area contributed by atoms with Gasteiger partial charge in [0.15, 0.2) is 5.82 Å². The highest BCUT2D eigenvalue weighted by molar-refractivity contribution is 5.96. The number of carbonyl (C=O) groups excluding carboxylic acids is 1. The maximum absolute atomic E-state index is 11.9. The Bertz CT molecular complexity index is 1350. The summed E-state index contributed by atoms with van der Waals surface area (Å²) in [7, 11) is 0. The smallest absolute Gasteiger partial charge is 0.307 e. The summed E-state index contributed by atoms with van der Waals surface area (Å²) in [6.45, 7) is 15.4. The van der Waals surface area contributed by atoms with Crippen LogP contribution in [0.5, 0.6) is 5.75 Å². The molecule has 2 N–H and O–H groups in total. The van der Waals surface area contributed by atoms with E-state index in [2.05, 4.69) is 61.9 Å². The lowest BCUT2D eigenvalue weighted by Gasteiger charge is -2.20. The van der Waals surface area contributed by atoms with Crippen molar-refractivity contribution in [1.29, 1.82) is 5.41 Å². The molecule has 0 radical (unpaired) electrons. The van der Waals surface area contributed by atoms with Crippen LogP contribution in [-0.2, 0) is 34.3 Å². The molecule has 1 aromatic heterocycles. The Balaban J connectivity index is 0.000000448. The Morgan fingerprint density at radius 3 is 2.26 bits per heavy atom. The first kappa shape index (κ1) is 35.1. The van der Waals surface area contributed by atoms with Gasteiger partial charge >= 0.3 is 5.97 Å². The third-order valence-electron chi connectivity index (χ3n) is 6.99. The van der Waals surface area contributed by atoms with Crippen LogP contribution in [0.1, 0.15) is 90.1 Å². The molecule has 0 aliphatic carbocycles. The molecule has 1 amide bonds. The summed E-state index contributed by atoms with van der Waals surface area (Å²) < 4.78 is 5.53. The van der Waals surface area contributed by atoms with Crippen LogP contribution in [0.25, 0.3) is 11.4 Å². The van der Waals surface area contributed by atoms with E-state index in [1.54, 1.807) is 25.3 Å². The number of aryl methyl sites for hydroxylation is 2. The molecule has 2 aromatic carbocycles. The number of nitrogens with one attached hydrogen (secondary N) is 1. The number of ether oxygens (including phenoxy) is 1. The molecule has 0 aliphatic rings. The fraction of sp³-hybridized carbons (Fsp3) is 0.457. The van der Waals surface area contributed by atoms with Crippen molar-refractivity contribution >= 4 is 17.7 Å². The molecule has 8 nitrogen and oxygen atoms in total. The molecule has 3 rings (SSSR count). The standard InChI is InChI=1S/C23H30N4O4.C12H18/c1-4-21(28)27(5-2)20(24)9-7-8-18-12-13-25-23(26-18)16-10-11-19(31-6-3)17(14-16)15-22(29)30;1-5-10-6-8-11(9-7-10)12(2,3)4/h10-14,24H,4-9,15H2,1-3H3,(H,29,30);6-9H,5H2,1-4H3. The molecule has 0 bridgehead atoms. The van der Waals surface area contributed by atoms with Crippen LogP contribution in [0, 0.1) is 5.41 Å². The zero-order valence-corrected chi connectivity index (χ0v) is 26.9. The van der Waals surface area contributed by atoms with Crippen LogP contribution in [-0.4, -0.2) is 50.8 Å². The molecule has 0 spiro atoms. The second kappa shape index (κ2) is 17.1. The van der Waals surface area contributed by atoms with Crippen LogP contribution < -0.4 is 4.74 Å². The van der Waals surface area contributed by atoms with Gasteiger partial charge in [0.2, 0.25) is 5.91 Å². The first-order valence-electron chi connectivity index (χ1n) is 15.2. The number of amides is 1. The number of benzene rings is 2. The number of hydrogen-bond donors (Lipinski definition) is 2. The van der Waals surface area contributed by atoms with Gasteiger partial charge in [0.25, 0.3) is 0 Å². The zero-order valence-electron chi connectivity index (χ0n) is 26.9. The minimum Gasteiger partial charge on any atom is -0.494 e. The van der Waals surface area contributed by atoms with E-state index < -0.39 is 5.97 Å². The lowest BCUT2D eigenvalue weighted by atomic mass is 9.86. The van der Waals surface area contributed by atoms with Gasteiger partial charge in [0.05, 0.1) is 13.0 Å². The molecule has 43 heavy (non-hydrogen) atoms. The van der Waals surface area contributed by atoms with Gasteiger partial charge in [-0.25, -0.2) is 9.97 Å². The lowest BCUT2D eigenvalue weighted by Crippen LogP contribution is -2.35. The van der Waals surface area contributed by atoms with Gasteiger partial charge in [-0.05, 0) is 73.9 Å². The molecule has 0 unspecified atom stereocenters. The third kappa shape index (κ3) is 11.3. The first-order chi connectivity index (χ1) is 20.4. The van der Waals surface area contributed by atoms with Gasteiger partial charge in [0, 0.05) is 42.4 Å². The van der Waals surface area contributed by atoms with E-state index in [1.165, 1.54) is 16.0 Å². The Kier molecular flexibility index (Phi) is 14.0. The number of aromatic nitrogens is 2. The summed E-state index contributed by atoms with van der Waals surface area (Å²) in [6.07, 6.45) is 4.88. The van der Waals surface area contributed by atoms with Crippen molar-refractivity contribution in [2.24, 2.45) is 0 Å². The summed E-state index contributed by atoms with van der Waals surface area (Å²) in [5, 5.41) is 17.4. The zero-order chi connectivity index (χ0) is 32.0. The van der Waals surface area contributed by atoms with Gasteiger partial charge in [0.1, 0.15) is 11.6 Å². The second-order valence-electron chi connectivity index (χ2n) is 11.3. The van der Waals surface area contributed by atoms with E-state index in [4.69, 9.17) is 10.1 Å². The number of nitrogens with zero attached hydrogens (tertiary/aromatic N) is 3. The van der Waals surface area contributed by atoms with E-state index in [9.17, 15) is 14.7 Å². The first-order valence-corrected chi connectivity index (χ1v) is 15.2. The van der Waals surface area contributed by atoms with Crippen LogP contribution in [0.4, 0.5) is 0 Å². The van der Waals surface area contributed by atoms with Gasteiger partial charge in [-0.2, -0.15) is 0 Å². The topological polar surface area (TPSA) is 116 Å². The van der Waals surface area contributed by atoms with Crippen molar-refractivity contribution < 1.29 is 19.4 Å². The highest BCUT2D eigenvalue weighted by atomic mass is 16.5. The van der Waals surface area contributed by atoms with Crippen LogP contribution in [0.15, 0.2) is 54.7 Å². The van der Waals surface area contributed by atoms with E-state index in [1.807, 2.05) is 26.0 Å². The quantitative estimate of drug-likeness (QED) is 0.170. The minimum absolute atomic E-state index is 0.0375. The van der Waals surface area contributed by atoms with Crippen LogP contribution in [0.2, 0.25) is 0 Å². The summed E-state index contributed by atoms with van der Waals surface area (Å²) in [5.74, 6) is 0.417. The van der Waals surface area contributed by atoms with E-state index in [-0.39, 0.29) is 17.7 Å². The molecule has 1 heterocycles. The maximum atomic E-state index is 11.9. The van der Waals surface area contributed by atoms with Crippen molar-refractivity contribution in [2.75, 3.05) is 13.2 Å². The van der Waals surface area contributed by atoms with E-state index >= 15 is 0 Å². The average Bonchev–Trinajstić information content (AvgIpc) is 2.98. The summed E-state index contributed by atoms with van der Waals surface area (Å²) in [5.41, 5.74) is 5.25. The number of hydrogen-bond acceptors (Lipinski definition) is 6. The lowest BCUT2D eigenvalue weighted by molar-refractivity contribution is -0.136. The molecule has 8 heteroatoms. The summed E-state index contributed by atoms with van der Waals surface area (Å²) in [6, 6.07) is 16.1. The Morgan fingerprint density at radius 2 is 1.70 bits per heavy atom. The van der Waals surface area contributed by atoms with Gasteiger partial charge < -0.3 is 14.7 Å². The molecule has 232 valence electrons. The largest absolute Gasteiger partial charge is 0.494 e. The van der Waals surface area contributed by atoms with Crippen molar-refractivity contribution in [3.63, 3.8) is 0 Å². The van der Waals surface area contributed by atoms with Crippen LogP contribution >= 0.6 is 0 Å². The number of rotatable bonds is 12. The number of carbonyl (C=O) groups is 2. The maximum Gasteiger partial charge on any atom is 0.307 e. The molecule has 0 saturated carbocycles. The third-order valence-corrected chi connectivity index (χ3v) is 6.99. The Morgan fingerprint density at radius 1 is 1.00 bits per heavy atom. The molecule has 0 saturated heterocycles. The monoisotopic (exact) mass is 588 g/mol. The van der Waals surface area contributed by atoms with Gasteiger partial charge in [-0.15, -0.1) is 0 Å². The van der Waals surface area contributed by atoms with Crippen molar-refractivity contribution in [3.8, 4) is 17.1 Å². The second-order valence-corrected chi connectivity index (χ2v) is 11.3. The number of carboxylic acids is 1. The Labute approximate surface area is 257 Å². The van der Waals surface area contributed by atoms with Gasteiger partial charge in [-0.1, -0.05) is 58.9 Å². The molecule has 0 fully saturated rings. The highest BCUT2D eigenvalue weighted by Gasteiger charge is 2.15. The minimum atomic E-state index is -0.933. The number of amidine groups is 1. The molecular weight excluding hydrogens is 540 g/mol. The molecule has 3 aromatic rings. The highest BCUT2D eigenvalue weighted by Crippen LogP contribution is 2.26. The normalized spacial score (nSPS) is 10.9. The predicted molar refractivity (Wildman–Crippen MR) is 173 cm³/mol. The fourth-order valence-electron chi connectivity index (χ4n) is 4.51. The van der Waals surface area contributed by atoms with E-state index in [0.717, 1.165) is 17.7 Å². The molecule has 0 aliphatic heterocycles. The number of aliphatic carboxylic acids is 1. The predicted octanol–water partition coefficient (Wildman–Crippen LogP) is 7.27. The summed E-state index contributed by atoms with van der Waals surface area (Å²) in [4.78, 5) is 33.5. The van der Waals surface area contributed by atoms with Gasteiger partial charge in [-0.3, -0.25) is 15.0 Å². The number of carboxylic acid groups (broad SMARTS) is 1. The summed E-state index contributed by atoms with van der Waals surface area (Å²) >= 11 is 0.